The summed E-state index contributed by atoms with van der Waals surface area (Å²) in [5.41, 5.74) is 7.30. The number of carbonyl (C=O) groups excluding carboxylic acids is 1. The van der Waals surface area contributed by atoms with Crippen molar-refractivity contribution in [1.29, 1.82) is 0 Å². The van der Waals surface area contributed by atoms with Gasteiger partial charge in [-0.3, -0.25) is 4.79 Å². The lowest BCUT2D eigenvalue weighted by atomic mass is 10.1. The lowest BCUT2D eigenvalue weighted by molar-refractivity contribution is 0.0711. The fourth-order valence-corrected chi connectivity index (χ4v) is 1.70. The quantitative estimate of drug-likeness (QED) is 0.841. The second-order valence-electron chi connectivity index (χ2n) is 4.20. The zero-order valence-electron chi connectivity index (χ0n) is 10.2. The Morgan fingerprint density at radius 2 is 2.00 bits per heavy atom. The Balaban J connectivity index is 2.95. The summed E-state index contributed by atoms with van der Waals surface area (Å²) < 4.78 is 0. The predicted octanol–water partition coefficient (Wildman–Crippen LogP) is 1.80. The van der Waals surface area contributed by atoms with Crippen molar-refractivity contribution in [1.82, 2.24) is 4.90 Å². The number of benzene rings is 1. The Hall–Kier alpha value is -1.35. The van der Waals surface area contributed by atoms with E-state index >= 15 is 0 Å². The van der Waals surface area contributed by atoms with Crippen LogP contribution in [0.15, 0.2) is 24.3 Å². The van der Waals surface area contributed by atoms with E-state index in [-0.39, 0.29) is 11.9 Å². The molecule has 3 heteroatoms. The third-order valence-electron chi connectivity index (χ3n) is 2.63. The molecule has 0 unspecified atom stereocenters. The first-order chi connectivity index (χ1) is 7.57. The predicted molar refractivity (Wildman–Crippen MR) is 66.4 cm³/mol. The molecule has 3 nitrogen and oxygen atoms in total. The Morgan fingerprint density at radius 3 is 2.50 bits per heavy atom. The fraction of sp³-hybridized carbons (Fsp3) is 0.462. The summed E-state index contributed by atoms with van der Waals surface area (Å²) in [6.45, 7) is 7.06. The van der Waals surface area contributed by atoms with Gasteiger partial charge in [0.25, 0.3) is 5.91 Å². The summed E-state index contributed by atoms with van der Waals surface area (Å²) in [7, 11) is 0. The molecule has 1 rings (SSSR count). The zero-order valence-corrected chi connectivity index (χ0v) is 10.2. The maximum absolute atomic E-state index is 12.3. The van der Waals surface area contributed by atoms with Crippen LogP contribution in [0.1, 0.15) is 29.8 Å². The van der Waals surface area contributed by atoms with Crippen molar-refractivity contribution in [3.63, 3.8) is 0 Å². The Morgan fingerprint density at radius 1 is 1.38 bits per heavy atom. The summed E-state index contributed by atoms with van der Waals surface area (Å²) in [5.74, 6) is 0.0681. The summed E-state index contributed by atoms with van der Waals surface area (Å²) in [6, 6.07) is 7.82. The molecule has 0 bridgehead atoms. The van der Waals surface area contributed by atoms with E-state index in [1.165, 1.54) is 0 Å². The summed E-state index contributed by atoms with van der Waals surface area (Å²) in [5, 5.41) is 0. The first-order valence-electron chi connectivity index (χ1n) is 5.64. The van der Waals surface area contributed by atoms with Gasteiger partial charge in [-0.25, -0.2) is 0 Å². The molecular weight excluding hydrogens is 200 g/mol. The van der Waals surface area contributed by atoms with Crippen LogP contribution in [-0.4, -0.2) is 29.9 Å². The topological polar surface area (TPSA) is 46.3 Å². The number of rotatable bonds is 4. The molecule has 1 aromatic rings. The van der Waals surface area contributed by atoms with E-state index in [2.05, 4.69) is 0 Å². The molecule has 0 aliphatic rings. The molecule has 0 saturated carbocycles. The van der Waals surface area contributed by atoms with Gasteiger partial charge in [0.2, 0.25) is 0 Å². The summed E-state index contributed by atoms with van der Waals surface area (Å²) in [6.07, 6.45) is 0. The number of aryl methyl sites for hydroxylation is 1. The second-order valence-corrected chi connectivity index (χ2v) is 4.20. The van der Waals surface area contributed by atoms with E-state index in [4.69, 9.17) is 5.73 Å². The summed E-state index contributed by atoms with van der Waals surface area (Å²) in [4.78, 5) is 14.1. The molecule has 16 heavy (non-hydrogen) atoms. The SMILES string of the molecule is Cc1ccccc1C(=O)N(CCN)C(C)C. The molecule has 0 radical (unpaired) electrons. The third-order valence-corrected chi connectivity index (χ3v) is 2.63. The average Bonchev–Trinajstić information content (AvgIpc) is 2.25. The molecular formula is C13H20N2O. The van der Waals surface area contributed by atoms with Crippen LogP contribution in [0.5, 0.6) is 0 Å². The smallest absolute Gasteiger partial charge is 0.254 e. The Kier molecular flexibility index (Phi) is 4.50. The van der Waals surface area contributed by atoms with Crippen LogP contribution in [0.2, 0.25) is 0 Å². The van der Waals surface area contributed by atoms with Crippen molar-refractivity contribution < 1.29 is 4.79 Å². The number of nitrogens with zero attached hydrogens (tertiary/aromatic N) is 1. The number of amides is 1. The van der Waals surface area contributed by atoms with Crippen LogP contribution in [-0.2, 0) is 0 Å². The molecule has 1 amide bonds. The van der Waals surface area contributed by atoms with Crippen LogP contribution in [0.3, 0.4) is 0 Å². The first kappa shape index (κ1) is 12.7. The maximum atomic E-state index is 12.3. The molecule has 0 fully saturated rings. The number of hydrogen-bond donors (Lipinski definition) is 1. The molecule has 2 N–H and O–H groups in total. The normalized spacial score (nSPS) is 10.6. The van der Waals surface area contributed by atoms with Crippen molar-refractivity contribution in [3.8, 4) is 0 Å². The molecule has 0 atom stereocenters. The highest BCUT2D eigenvalue weighted by Gasteiger charge is 2.18. The largest absolute Gasteiger partial charge is 0.335 e. The lowest BCUT2D eigenvalue weighted by Crippen LogP contribution is -2.40. The molecule has 0 saturated heterocycles. The van der Waals surface area contributed by atoms with Crippen LogP contribution >= 0.6 is 0 Å². The van der Waals surface area contributed by atoms with Crippen LogP contribution < -0.4 is 5.73 Å². The van der Waals surface area contributed by atoms with Gasteiger partial charge >= 0.3 is 0 Å². The van der Waals surface area contributed by atoms with Crippen molar-refractivity contribution in [2.24, 2.45) is 5.73 Å². The van der Waals surface area contributed by atoms with E-state index in [0.717, 1.165) is 11.1 Å². The van der Waals surface area contributed by atoms with Gasteiger partial charge in [0.05, 0.1) is 0 Å². The molecule has 1 aromatic carbocycles. The molecule has 0 heterocycles. The number of carbonyl (C=O) groups is 1. The molecule has 88 valence electrons. The van der Waals surface area contributed by atoms with Gasteiger partial charge < -0.3 is 10.6 Å². The Bertz CT molecular complexity index is 361. The monoisotopic (exact) mass is 220 g/mol. The van der Waals surface area contributed by atoms with Gasteiger partial charge in [-0.2, -0.15) is 0 Å². The molecule has 0 aliphatic heterocycles. The molecule has 0 spiro atoms. The van der Waals surface area contributed by atoms with Crippen molar-refractivity contribution in [3.05, 3.63) is 35.4 Å². The van der Waals surface area contributed by atoms with Gasteiger partial charge in [-0.15, -0.1) is 0 Å². The van der Waals surface area contributed by atoms with Crippen molar-refractivity contribution in [2.45, 2.75) is 26.8 Å². The molecule has 0 aromatic heterocycles. The van der Waals surface area contributed by atoms with E-state index in [9.17, 15) is 4.79 Å². The fourth-order valence-electron chi connectivity index (χ4n) is 1.70. The van der Waals surface area contributed by atoms with Crippen LogP contribution in [0.4, 0.5) is 0 Å². The maximum Gasteiger partial charge on any atom is 0.254 e. The van der Waals surface area contributed by atoms with E-state index in [0.29, 0.717) is 13.1 Å². The average molecular weight is 220 g/mol. The second kappa shape index (κ2) is 5.66. The highest BCUT2D eigenvalue weighted by Crippen LogP contribution is 2.12. The van der Waals surface area contributed by atoms with Gasteiger partial charge in [0, 0.05) is 24.7 Å². The minimum absolute atomic E-state index is 0.0681. The molecule has 0 aliphatic carbocycles. The highest BCUT2D eigenvalue weighted by molar-refractivity contribution is 5.95. The zero-order chi connectivity index (χ0) is 12.1. The minimum atomic E-state index is 0.0681. The van der Waals surface area contributed by atoms with Gasteiger partial charge in [0.1, 0.15) is 0 Å². The third kappa shape index (κ3) is 2.83. The van der Waals surface area contributed by atoms with Crippen molar-refractivity contribution >= 4 is 5.91 Å². The van der Waals surface area contributed by atoms with E-state index in [1.807, 2.05) is 49.9 Å². The Labute approximate surface area is 97.2 Å². The lowest BCUT2D eigenvalue weighted by Gasteiger charge is -2.26. The number of nitrogens with two attached hydrogens (primary N) is 1. The van der Waals surface area contributed by atoms with Gasteiger partial charge in [-0.1, -0.05) is 18.2 Å². The van der Waals surface area contributed by atoms with Crippen LogP contribution in [0, 0.1) is 6.92 Å². The van der Waals surface area contributed by atoms with Crippen LogP contribution in [0.25, 0.3) is 0 Å². The first-order valence-corrected chi connectivity index (χ1v) is 5.64. The summed E-state index contributed by atoms with van der Waals surface area (Å²) >= 11 is 0. The van der Waals surface area contributed by atoms with Gasteiger partial charge in [-0.05, 0) is 32.4 Å². The van der Waals surface area contributed by atoms with E-state index in [1.54, 1.807) is 0 Å². The van der Waals surface area contributed by atoms with Gasteiger partial charge in [0.15, 0.2) is 0 Å². The standard InChI is InChI=1S/C13H20N2O/c1-10(2)15(9-8-14)13(16)12-7-5-4-6-11(12)3/h4-7,10H,8-9,14H2,1-3H3. The van der Waals surface area contributed by atoms with Crippen molar-refractivity contribution in [2.75, 3.05) is 13.1 Å². The highest BCUT2D eigenvalue weighted by atomic mass is 16.2. The minimum Gasteiger partial charge on any atom is -0.335 e. The number of hydrogen-bond acceptors (Lipinski definition) is 2. The van der Waals surface area contributed by atoms with E-state index < -0.39 is 0 Å².